The smallest absolute Gasteiger partial charge is 0.311 e. The average molecular weight is 264 g/mol. The lowest BCUT2D eigenvalue weighted by Gasteiger charge is -2.24. The van der Waals surface area contributed by atoms with Crippen LogP contribution in [-0.2, 0) is 0 Å². The van der Waals surface area contributed by atoms with Gasteiger partial charge in [-0.15, -0.1) is 0 Å². The highest BCUT2D eigenvalue weighted by Gasteiger charge is 2.30. The molecule has 1 heterocycles. The van der Waals surface area contributed by atoms with E-state index in [2.05, 4.69) is 23.7 Å². The largest absolute Gasteiger partial charge is 0.378 e. The molecule has 0 bridgehead atoms. The van der Waals surface area contributed by atoms with Crippen LogP contribution in [0.1, 0.15) is 33.1 Å². The van der Waals surface area contributed by atoms with Gasteiger partial charge in [0.2, 0.25) is 5.82 Å². The number of hydrogen-bond acceptors (Lipinski definition) is 5. The fourth-order valence-corrected chi connectivity index (χ4v) is 2.04. The summed E-state index contributed by atoms with van der Waals surface area (Å²) in [6, 6.07) is 3.67. The Bertz CT molecular complexity index is 472. The Balaban J connectivity index is 2.17. The maximum Gasteiger partial charge on any atom is 0.311 e. The van der Waals surface area contributed by atoms with Gasteiger partial charge in [0.25, 0.3) is 0 Å². The van der Waals surface area contributed by atoms with E-state index in [1.54, 1.807) is 6.07 Å². The third kappa shape index (κ3) is 3.33. The first kappa shape index (κ1) is 13.6. The maximum absolute atomic E-state index is 10.7. The normalized spacial score (nSPS) is 14.7. The first-order chi connectivity index (χ1) is 8.99. The summed E-state index contributed by atoms with van der Waals surface area (Å²) < 4.78 is 0. The van der Waals surface area contributed by atoms with Gasteiger partial charge in [0, 0.05) is 18.7 Å². The molecule has 0 aliphatic heterocycles. The Hall–Kier alpha value is -1.85. The zero-order valence-corrected chi connectivity index (χ0v) is 11.4. The molecule has 1 saturated carbocycles. The van der Waals surface area contributed by atoms with Gasteiger partial charge in [-0.1, -0.05) is 13.8 Å². The molecule has 0 radical (unpaired) electrons. The Morgan fingerprint density at radius 2 is 2.21 bits per heavy atom. The lowest BCUT2D eigenvalue weighted by molar-refractivity contribution is -0.384. The summed E-state index contributed by atoms with van der Waals surface area (Å²) >= 11 is 0. The van der Waals surface area contributed by atoms with Crippen LogP contribution in [0.2, 0.25) is 0 Å². The fourth-order valence-electron chi connectivity index (χ4n) is 2.04. The van der Waals surface area contributed by atoms with E-state index in [1.807, 2.05) is 0 Å². The van der Waals surface area contributed by atoms with Gasteiger partial charge in [-0.2, -0.15) is 0 Å². The molecule has 1 aromatic rings. The standard InChI is InChI=1S/C13H20N4O2/c1-9(2)7-8-16(10-3-4-10)12-6-5-11(17(18)19)13(14)15-12/h5-6,9-10H,3-4,7-8H2,1-2H3,(H2,14,15). The van der Waals surface area contributed by atoms with E-state index in [0.29, 0.717) is 12.0 Å². The summed E-state index contributed by atoms with van der Waals surface area (Å²) in [6.45, 7) is 5.29. The molecule has 0 spiro atoms. The highest BCUT2D eigenvalue weighted by Crippen LogP contribution is 2.33. The van der Waals surface area contributed by atoms with E-state index in [0.717, 1.165) is 31.6 Å². The average Bonchev–Trinajstić information content (AvgIpc) is 3.13. The highest BCUT2D eigenvalue weighted by atomic mass is 16.6. The van der Waals surface area contributed by atoms with E-state index in [1.165, 1.54) is 6.07 Å². The summed E-state index contributed by atoms with van der Waals surface area (Å²) in [5.74, 6) is 1.38. The molecule has 19 heavy (non-hydrogen) atoms. The number of pyridine rings is 1. The number of nitrogens with zero attached hydrogens (tertiary/aromatic N) is 3. The second-order valence-electron chi connectivity index (χ2n) is 5.44. The molecule has 6 nitrogen and oxygen atoms in total. The number of hydrogen-bond donors (Lipinski definition) is 1. The van der Waals surface area contributed by atoms with Crippen molar-refractivity contribution in [1.29, 1.82) is 0 Å². The van der Waals surface area contributed by atoms with Crippen molar-refractivity contribution >= 4 is 17.3 Å². The molecule has 2 N–H and O–H groups in total. The zero-order valence-electron chi connectivity index (χ0n) is 11.4. The summed E-state index contributed by atoms with van der Waals surface area (Å²) in [6.07, 6.45) is 3.41. The molecule has 0 atom stereocenters. The van der Waals surface area contributed by atoms with Crippen molar-refractivity contribution in [3.8, 4) is 0 Å². The number of nitrogens with two attached hydrogens (primary N) is 1. The molecule has 1 aromatic heterocycles. The third-order valence-corrected chi connectivity index (χ3v) is 3.31. The lowest BCUT2D eigenvalue weighted by Crippen LogP contribution is -2.28. The summed E-state index contributed by atoms with van der Waals surface area (Å²) in [5, 5.41) is 10.7. The van der Waals surface area contributed by atoms with Gasteiger partial charge in [-0.3, -0.25) is 10.1 Å². The zero-order chi connectivity index (χ0) is 14.0. The molecule has 1 aliphatic carbocycles. The van der Waals surface area contributed by atoms with E-state index in [9.17, 15) is 10.1 Å². The Morgan fingerprint density at radius 3 is 2.68 bits per heavy atom. The van der Waals surface area contributed by atoms with Crippen molar-refractivity contribution in [2.24, 2.45) is 5.92 Å². The highest BCUT2D eigenvalue weighted by molar-refractivity contribution is 5.58. The Labute approximate surface area is 112 Å². The van der Waals surface area contributed by atoms with Crippen molar-refractivity contribution in [3.63, 3.8) is 0 Å². The van der Waals surface area contributed by atoms with Crippen LogP contribution in [0.5, 0.6) is 0 Å². The molecule has 0 saturated heterocycles. The van der Waals surface area contributed by atoms with Crippen molar-refractivity contribution in [3.05, 3.63) is 22.2 Å². The van der Waals surface area contributed by atoms with E-state index in [4.69, 9.17) is 5.73 Å². The van der Waals surface area contributed by atoms with Gasteiger partial charge in [-0.25, -0.2) is 4.98 Å². The molecular weight excluding hydrogens is 244 g/mol. The van der Waals surface area contributed by atoms with Crippen LogP contribution in [0.4, 0.5) is 17.3 Å². The van der Waals surface area contributed by atoms with Crippen molar-refractivity contribution in [2.75, 3.05) is 17.2 Å². The summed E-state index contributed by atoms with van der Waals surface area (Å²) in [7, 11) is 0. The van der Waals surface area contributed by atoms with E-state index < -0.39 is 4.92 Å². The minimum absolute atomic E-state index is 0.00213. The van der Waals surface area contributed by atoms with Crippen molar-refractivity contribution < 1.29 is 4.92 Å². The van der Waals surface area contributed by atoms with Gasteiger partial charge < -0.3 is 10.6 Å². The maximum atomic E-state index is 10.7. The van der Waals surface area contributed by atoms with Crippen LogP contribution in [0.15, 0.2) is 12.1 Å². The molecule has 1 aliphatic rings. The second-order valence-corrected chi connectivity index (χ2v) is 5.44. The number of nitrogen functional groups attached to an aromatic ring is 1. The van der Waals surface area contributed by atoms with Gasteiger partial charge in [0.05, 0.1) is 4.92 Å². The fraction of sp³-hybridized carbons (Fsp3) is 0.615. The Kier molecular flexibility index (Phi) is 3.87. The first-order valence-corrected chi connectivity index (χ1v) is 6.66. The van der Waals surface area contributed by atoms with E-state index >= 15 is 0 Å². The van der Waals surface area contributed by atoms with Gasteiger partial charge >= 0.3 is 5.69 Å². The lowest BCUT2D eigenvalue weighted by atomic mass is 10.1. The van der Waals surface area contributed by atoms with Crippen LogP contribution in [-0.4, -0.2) is 22.5 Å². The third-order valence-electron chi connectivity index (χ3n) is 3.31. The first-order valence-electron chi connectivity index (χ1n) is 6.66. The van der Waals surface area contributed by atoms with Crippen LogP contribution in [0, 0.1) is 16.0 Å². The predicted molar refractivity (Wildman–Crippen MR) is 75.1 cm³/mol. The van der Waals surface area contributed by atoms with Crippen molar-refractivity contribution in [1.82, 2.24) is 4.98 Å². The summed E-state index contributed by atoms with van der Waals surface area (Å²) in [4.78, 5) is 16.7. The van der Waals surface area contributed by atoms with Crippen LogP contribution >= 0.6 is 0 Å². The van der Waals surface area contributed by atoms with Crippen molar-refractivity contribution in [2.45, 2.75) is 39.2 Å². The van der Waals surface area contributed by atoms with Crippen LogP contribution < -0.4 is 10.6 Å². The minimum atomic E-state index is -0.498. The molecule has 0 aromatic carbocycles. The van der Waals surface area contributed by atoms with Crippen LogP contribution in [0.25, 0.3) is 0 Å². The number of rotatable bonds is 6. The number of anilines is 2. The molecule has 6 heteroatoms. The van der Waals surface area contributed by atoms with Gasteiger partial charge in [0.15, 0.2) is 0 Å². The quantitative estimate of drug-likeness (QED) is 0.630. The molecule has 0 unspecified atom stereocenters. The molecule has 2 rings (SSSR count). The minimum Gasteiger partial charge on any atom is -0.378 e. The predicted octanol–water partition coefficient (Wildman–Crippen LogP) is 2.59. The molecule has 1 fully saturated rings. The number of nitro groups is 1. The Morgan fingerprint density at radius 1 is 1.53 bits per heavy atom. The topological polar surface area (TPSA) is 85.3 Å². The second kappa shape index (κ2) is 5.42. The monoisotopic (exact) mass is 264 g/mol. The summed E-state index contributed by atoms with van der Waals surface area (Å²) in [5.41, 5.74) is 5.54. The number of aromatic nitrogens is 1. The van der Waals surface area contributed by atoms with Gasteiger partial charge in [0.1, 0.15) is 5.82 Å². The molecular formula is C13H20N4O2. The molecule has 0 amide bonds. The van der Waals surface area contributed by atoms with E-state index in [-0.39, 0.29) is 11.5 Å². The van der Waals surface area contributed by atoms with Crippen LogP contribution in [0.3, 0.4) is 0 Å². The SMILES string of the molecule is CC(C)CCN(c1ccc([N+](=O)[O-])c(N)n1)C1CC1. The van der Waals surface area contributed by atoms with Gasteiger partial charge in [-0.05, 0) is 31.2 Å². The molecule has 104 valence electrons.